The Bertz CT molecular complexity index is 806. The quantitative estimate of drug-likeness (QED) is 0.705. The van der Waals surface area contributed by atoms with E-state index in [4.69, 9.17) is 16.6 Å². The van der Waals surface area contributed by atoms with Crippen LogP contribution in [0.25, 0.3) is 0 Å². The first-order valence-corrected chi connectivity index (χ1v) is 10.6. The third-order valence-electron chi connectivity index (χ3n) is 4.52. The molecule has 1 fully saturated rings. The molecule has 3 rings (SSSR count). The highest BCUT2D eigenvalue weighted by atomic mass is 35.5. The van der Waals surface area contributed by atoms with Gasteiger partial charge in [-0.2, -0.15) is 0 Å². The van der Waals surface area contributed by atoms with Crippen molar-refractivity contribution >= 4 is 35.1 Å². The summed E-state index contributed by atoms with van der Waals surface area (Å²) >= 11 is 7.66. The van der Waals surface area contributed by atoms with E-state index in [0.29, 0.717) is 29.8 Å². The number of aryl methyl sites for hydroxylation is 1. The van der Waals surface area contributed by atoms with Crippen LogP contribution in [0.15, 0.2) is 35.2 Å². The third-order valence-corrected chi connectivity index (χ3v) is 6.02. The topological polar surface area (TPSA) is 49.3 Å². The van der Waals surface area contributed by atoms with E-state index in [1.165, 1.54) is 11.8 Å². The molecule has 0 N–H and O–H groups in total. The van der Waals surface area contributed by atoms with Gasteiger partial charge in [-0.3, -0.25) is 4.79 Å². The highest BCUT2D eigenvalue weighted by molar-refractivity contribution is 8.00. The van der Waals surface area contributed by atoms with Gasteiger partial charge in [0.05, 0.1) is 10.8 Å². The number of amides is 1. The molecule has 1 aromatic heterocycles. The summed E-state index contributed by atoms with van der Waals surface area (Å²) in [6, 6.07) is 9.65. The van der Waals surface area contributed by atoms with Crippen LogP contribution < -0.4 is 4.90 Å². The van der Waals surface area contributed by atoms with Crippen LogP contribution >= 0.6 is 23.4 Å². The molecule has 0 saturated carbocycles. The van der Waals surface area contributed by atoms with E-state index in [9.17, 15) is 4.79 Å². The van der Waals surface area contributed by atoms with Crippen LogP contribution in [0.3, 0.4) is 0 Å². The first-order valence-electron chi connectivity index (χ1n) is 9.19. The number of hydrogen-bond donors (Lipinski definition) is 0. The summed E-state index contributed by atoms with van der Waals surface area (Å²) in [6.45, 7) is 9.21. The second-order valence-electron chi connectivity index (χ2n) is 6.97. The maximum atomic E-state index is 12.5. The molecule has 0 unspecified atom stereocenters. The van der Waals surface area contributed by atoms with E-state index in [1.807, 2.05) is 42.2 Å². The Hall–Kier alpha value is -1.79. The summed E-state index contributed by atoms with van der Waals surface area (Å²) in [6.07, 6.45) is 0. The lowest BCUT2D eigenvalue weighted by atomic mass is 10.2. The highest BCUT2D eigenvalue weighted by Gasteiger charge is 2.23. The zero-order valence-corrected chi connectivity index (χ0v) is 17.6. The number of carbonyl (C=O) groups excluding carboxylic acids is 1. The second-order valence-corrected chi connectivity index (χ2v) is 8.39. The molecule has 0 bridgehead atoms. The van der Waals surface area contributed by atoms with Gasteiger partial charge < -0.3 is 9.80 Å². The number of aromatic nitrogens is 2. The summed E-state index contributed by atoms with van der Waals surface area (Å²) in [7, 11) is 0. The van der Waals surface area contributed by atoms with Crippen LogP contribution in [-0.2, 0) is 4.79 Å². The second kappa shape index (κ2) is 8.93. The van der Waals surface area contributed by atoms with Gasteiger partial charge in [0, 0.05) is 48.8 Å². The number of halogens is 1. The number of carbonyl (C=O) groups is 1. The molecule has 2 heterocycles. The average Bonchev–Trinajstić information content (AvgIpc) is 2.66. The van der Waals surface area contributed by atoms with Crippen molar-refractivity contribution in [3.05, 3.63) is 46.9 Å². The Balaban J connectivity index is 1.55. The summed E-state index contributed by atoms with van der Waals surface area (Å²) in [4.78, 5) is 26.9. The molecule has 0 radical (unpaired) electrons. The largest absolute Gasteiger partial charge is 0.353 e. The van der Waals surface area contributed by atoms with Gasteiger partial charge in [0.1, 0.15) is 11.6 Å². The first-order chi connectivity index (χ1) is 12.9. The minimum Gasteiger partial charge on any atom is -0.353 e. The SMILES string of the molecule is Cc1cc(N2CCN(C(=O)CSc3ccccc3Cl)CC2)nc(C(C)C)n1. The lowest BCUT2D eigenvalue weighted by Gasteiger charge is -2.35. The van der Waals surface area contributed by atoms with E-state index in [1.54, 1.807) is 0 Å². The van der Waals surface area contributed by atoms with E-state index in [-0.39, 0.29) is 5.91 Å². The van der Waals surface area contributed by atoms with Crippen molar-refractivity contribution in [3.63, 3.8) is 0 Å². The Morgan fingerprint density at radius 3 is 2.56 bits per heavy atom. The van der Waals surface area contributed by atoms with Gasteiger partial charge in [0.2, 0.25) is 5.91 Å². The molecular weight excluding hydrogens is 380 g/mol. The van der Waals surface area contributed by atoms with Crippen molar-refractivity contribution in [1.82, 2.24) is 14.9 Å². The highest BCUT2D eigenvalue weighted by Crippen LogP contribution is 2.27. The summed E-state index contributed by atoms with van der Waals surface area (Å²) in [5.74, 6) is 2.70. The lowest BCUT2D eigenvalue weighted by molar-refractivity contribution is -0.128. The van der Waals surface area contributed by atoms with Crippen molar-refractivity contribution in [3.8, 4) is 0 Å². The molecule has 1 aliphatic heterocycles. The van der Waals surface area contributed by atoms with E-state index >= 15 is 0 Å². The van der Waals surface area contributed by atoms with Gasteiger partial charge in [0.25, 0.3) is 0 Å². The molecule has 7 heteroatoms. The molecular formula is C20H25ClN4OS. The maximum Gasteiger partial charge on any atom is 0.233 e. The van der Waals surface area contributed by atoms with Gasteiger partial charge in [-0.25, -0.2) is 9.97 Å². The zero-order valence-electron chi connectivity index (χ0n) is 16.0. The van der Waals surface area contributed by atoms with Crippen LogP contribution in [0, 0.1) is 6.92 Å². The predicted octanol–water partition coefficient (Wildman–Crippen LogP) is 4.00. The fourth-order valence-electron chi connectivity index (χ4n) is 2.97. The minimum atomic E-state index is 0.154. The molecule has 0 atom stereocenters. The normalized spacial score (nSPS) is 14.7. The Morgan fingerprint density at radius 2 is 1.89 bits per heavy atom. The van der Waals surface area contributed by atoms with E-state index < -0.39 is 0 Å². The van der Waals surface area contributed by atoms with Crippen LogP contribution in [0.5, 0.6) is 0 Å². The molecule has 1 aromatic carbocycles. The smallest absolute Gasteiger partial charge is 0.233 e. The molecule has 5 nitrogen and oxygen atoms in total. The van der Waals surface area contributed by atoms with E-state index in [2.05, 4.69) is 23.7 Å². The predicted molar refractivity (Wildman–Crippen MR) is 112 cm³/mol. The number of anilines is 1. The van der Waals surface area contributed by atoms with Crippen molar-refractivity contribution < 1.29 is 4.79 Å². The molecule has 1 aliphatic rings. The van der Waals surface area contributed by atoms with Gasteiger partial charge in [-0.05, 0) is 19.1 Å². The van der Waals surface area contributed by atoms with Gasteiger partial charge in [0.15, 0.2) is 0 Å². The molecule has 0 spiro atoms. The van der Waals surface area contributed by atoms with Gasteiger partial charge >= 0.3 is 0 Å². The number of hydrogen-bond acceptors (Lipinski definition) is 5. The van der Waals surface area contributed by atoms with Crippen molar-refractivity contribution in [2.24, 2.45) is 0 Å². The molecule has 0 aliphatic carbocycles. The summed E-state index contributed by atoms with van der Waals surface area (Å²) < 4.78 is 0. The fourth-order valence-corrected chi connectivity index (χ4v) is 4.11. The van der Waals surface area contributed by atoms with Crippen LogP contribution in [0.1, 0.15) is 31.3 Å². The van der Waals surface area contributed by atoms with Crippen LogP contribution in [0.4, 0.5) is 5.82 Å². The molecule has 27 heavy (non-hydrogen) atoms. The summed E-state index contributed by atoms with van der Waals surface area (Å²) in [5, 5.41) is 0.695. The summed E-state index contributed by atoms with van der Waals surface area (Å²) in [5.41, 5.74) is 0.985. The third kappa shape index (κ3) is 5.14. The standard InChI is InChI=1S/C20H25ClN4OS/c1-14(2)20-22-15(3)12-18(23-20)24-8-10-25(11-9-24)19(26)13-27-17-7-5-4-6-16(17)21/h4-7,12,14H,8-11,13H2,1-3H3. The van der Waals surface area contributed by atoms with Gasteiger partial charge in [-0.15, -0.1) is 11.8 Å². The van der Waals surface area contributed by atoms with Crippen LogP contribution in [0.2, 0.25) is 5.02 Å². The Labute approximate surface area is 170 Å². The maximum absolute atomic E-state index is 12.5. The molecule has 1 amide bonds. The van der Waals surface area contributed by atoms with Crippen molar-refractivity contribution in [1.29, 1.82) is 0 Å². The number of piperazine rings is 1. The zero-order chi connectivity index (χ0) is 19.4. The minimum absolute atomic E-state index is 0.154. The molecule has 1 saturated heterocycles. The fraction of sp³-hybridized carbons (Fsp3) is 0.450. The van der Waals surface area contributed by atoms with Crippen molar-refractivity contribution in [2.45, 2.75) is 31.6 Å². The molecule has 2 aromatic rings. The van der Waals surface area contributed by atoms with Crippen LogP contribution in [-0.4, -0.2) is 52.7 Å². The van der Waals surface area contributed by atoms with E-state index in [0.717, 1.165) is 35.3 Å². The number of benzene rings is 1. The van der Waals surface area contributed by atoms with Crippen molar-refractivity contribution in [2.75, 3.05) is 36.8 Å². The van der Waals surface area contributed by atoms with Gasteiger partial charge in [-0.1, -0.05) is 37.6 Å². The first kappa shape index (κ1) is 20.0. The average molecular weight is 405 g/mol. The number of thioether (sulfide) groups is 1. The lowest BCUT2D eigenvalue weighted by Crippen LogP contribution is -2.49. The number of nitrogens with zero attached hydrogens (tertiary/aromatic N) is 4. The molecule has 144 valence electrons. The monoisotopic (exact) mass is 404 g/mol. The Kier molecular flexibility index (Phi) is 6.60. The Morgan fingerprint density at radius 1 is 1.19 bits per heavy atom. The number of rotatable bonds is 5.